The summed E-state index contributed by atoms with van der Waals surface area (Å²) in [5, 5.41) is 3.75. The molecule has 0 saturated heterocycles. The molecule has 1 fully saturated rings. The molecule has 1 aliphatic carbocycles. The van der Waals surface area contributed by atoms with E-state index in [-0.39, 0.29) is 0 Å². The van der Waals surface area contributed by atoms with Crippen molar-refractivity contribution in [2.24, 2.45) is 10.8 Å². The van der Waals surface area contributed by atoms with Crippen LogP contribution in [-0.4, -0.2) is 37.1 Å². The van der Waals surface area contributed by atoms with E-state index in [1.165, 1.54) is 38.6 Å². The summed E-state index contributed by atoms with van der Waals surface area (Å²) in [5.74, 6) is 0. The zero-order valence-corrected chi connectivity index (χ0v) is 15.1. The first kappa shape index (κ1) is 18.0. The van der Waals surface area contributed by atoms with E-state index in [1.807, 2.05) is 0 Å². The fraction of sp³-hybridized carbons (Fsp3) is 1.00. The fourth-order valence-electron chi connectivity index (χ4n) is 3.23. The van der Waals surface area contributed by atoms with E-state index in [9.17, 15) is 0 Å². The van der Waals surface area contributed by atoms with Crippen LogP contribution in [0.5, 0.6) is 0 Å². The molecule has 0 aromatic rings. The number of nitrogens with one attached hydrogen (secondary N) is 1. The van der Waals surface area contributed by atoms with E-state index >= 15 is 0 Å². The van der Waals surface area contributed by atoms with Gasteiger partial charge in [0.15, 0.2) is 0 Å². The zero-order chi connectivity index (χ0) is 15.4. The van der Waals surface area contributed by atoms with Crippen LogP contribution in [0, 0.1) is 10.8 Å². The normalized spacial score (nSPS) is 22.2. The number of nitrogens with zero attached hydrogens (tertiary/aromatic N) is 1. The summed E-state index contributed by atoms with van der Waals surface area (Å²) in [6.45, 7) is 16.5. The van der Waals surface area contributed by atoms with Gasteiger partial charge in [0.05, 0.1) is 0 Å². The van der Waals surface area contributed by atoms with Gasteiger partial charge in [0, 0.05) is 18.6 Å². The Morgan fingerprint density at radius 1 is 1.20 bits per heavy atom. The second-order valence-corrected chi connectivity index (χ2v) is 8.71. The standard InChI is InChI=1S/C18H38N2/c1-8-13-19-16(17(2,3)4)14-20(7)15-9-11-18(5,6)12-10-15/h15-16,19H,8-14H2,1-7H3. The van der Waals surface area contributed by atoms with Crippen LogP contribution in [0.15, 0.2) is 0 Å². The Morgan fingerprint density at radius 3 is 2.20 bits per heavy atom. The first-order chi connectivity index (χ1) is 9.15. The molecule has 120 valence electrons. The van der Waals surface area contributed by atoms with Crippen molar-refractivity contribution < 1.29 is 0 Å². The van der Waals surface area contributed by atoms with Gasteiger partial charge in [-0.1, -0.05) is 41.5 Å². The van der Waals surface area contributed by atoms with Crippen LogP contribution in [0.4, 0.5) is 0 Å². The van der Waals surface area contributed by atoms with E-state index in [0.717, 1.165) is 12.6 Å². The van der Waals surface area contributed by atoms with E-state index in [2.05, 4.69) is 58.8 Å². The van der Waals surface area contributed by atoms with Crippen molar-refractivity contribution in [1.29, 1.82) is 0 Å². The van der Waals surface area contributed by atoms with Gasteiger partial charge in [-0.2, -0.15) is 0 Å². The Balaban J connectivity index is 2.51. The van der Waals surface area contributed by atoms with Crippen LogP contribution >= 0.6 is 0 Å². The van der Waals surface area contributed by atoms with Crippen molar-refractivity contribution in [3.63, 3.8) is 0 Å². The van der Waals surface area contributed by atoms with Crippen molar-refractivity contribution in [3.05, 3.63) is 0 Å². The number of hydrogen-bond donors (Lipinski definition) is 1. The third-order valence-electron chi connectivity index (χ3n) is 5.09. The van der Waals surface area contributed by atoms with Gasteiger partial charge in [-0.3, -0.25) is 0 Å². The maximum atomic E-state index is 3.75. The summed E-state index contributed by atoms with van der Waals surface area (Å²) >= 11 is 0. The monoisotopic (exact) mass is 282 g/mol. The highest BCUT2D eigenvalue weighted by molar-refractivity contribution is 4.87. The van der Waals surface area contributed by atoms with E-state index < -0.39 is 0 Å². The molecule has 1 saturated carbocycles. The predicted octanol–water partition coefficient (Wildman–Crippen LogP) is 4.30. The van der Waals surface area contributed by atoms with Gasteiger partial charge in [0.25, 0.3) is 0 Å². The SMILES string of the molecule is CCCNC(CN(C)C1CCC(C)(C)CC1)C(C)(C)C. The van der Waals surface area contributed by atoms with Gasteiger partial charge in [0.1, 0.15) is 0 Å². The quantitative estimate of drug-likeness (QED) is 0.781. The van der Waals surface area contributed by atoms with Crippen LogP contribution in [0.1, 0.15) is 73.6 Å². The van der Waals surface area contributed by atoms with Crippen molar-refractivity contribution >= 4 is 0 Å². The fourth-order valence-corrected chi connectivity index (χ4v) is 3.23. The van der Waals surface area contributed by atoms with E-state index in [4.69, 9.17) is 0 Å². The first-order valence-corrected chi connectivity index (χ1v) is 8.59. The van der Waals surface area contributed by atoms with Gasteiger partial charge in [-0.15, -0.1) is 0 Å². The first-order valence-electron chi connectivity index (χ1n) is 8.59. The molecule has 20 heavy (non-hydrogen) atoms. The molecular formula is C18H38N2. The Hall–Kier alpha value is -0.0800. The summed E-state index contributed by atoms with van der Waals surface area (Å²) in [7, 11) is 2.33. The molecule has 0 radical (unpaired) electrons. The average molecular weight is 283 g/mol. The molecular weight excluding hydrogens is 244 g/mol. The summed E-state index contributed by atoms with van der Waals surface area (Å²) in [6, 6.07) is 1.37. The van der Waals surface area contributed by atoms with Crippen LogP contribution in [0.2, 0.25) is 0 Å². The molecule has 1 unspecified atom stereocenters. The number of hydrogen-bond acceptors (Lipinski definition) is 2. The van der Waals surface area contributed by atoms with Crippen molar-refractivity contribution in [3.8, 4) is 0 Å². The maximum absolute atomic E-state index is 3.75. The number of rotatable bonds is 6. The molecule has 0 spiro atoms. The second-order valence-electron chi connectivity index (χ2n) is 8.71. The lowest BCUT2D eigenvalue weighted by Crippen LogP contribution is -2.50. The summed E-state index contributed by atoms with van der Waals surface area (Å²) in [5.41, 5.74) is 0.901. The van der Waals surface area contributed by atoms with Crippen LogP contribution < -0.4 is 5.32 Å². The van der Waals surface area contributed by atoms with E-state index in [0.29, 0.717) is 16.9 Å². The topological polar surface area (TPSA) is 15.3 Å². The maximum Gasteiger partial charge on any atom is 0.0243 e. The second kappa shape index (κ2) is 7.26. The summed E-state index contributed by atoms with van der Waals surface area (Å²) in [4.78, 5) is 2.62. The van der Waals surface area contributed by atoms with Crippen LogP contribution in [0.3, 0.4) is 0 Å². The summed E-state index contributed by atoms with van der Waals surface area (Å²) in [6.07, 6.45) is 6.71. The van der Waals surface area contributed by atoms with Gasteiger partial charge < -0.3 is 10.2 Å². The molecule has 1 aliphatic rings. The predicted molar refractivity (Wildman–Crippen MR) is 90.2 cm³/mol. The molecule has 1 rings (SSSR count). The third kappa shape index (κ3) is 5.73. The average Bonchev–Trinajstić information content (AvgIpc) is 2.32. The number of likely N-dealkylation sites (N-methyl/N-ethyl adjacent to an activating group) is 1. The molecule has 0 bridgehead atoms. The van der Waals surface area contributed by atoms with Gasteiger partial charge in [-0.05, 0) is 56.5 Å². The zero-order valence-electron chi connectivity index (χ0n) is 15.1. The molecule has 0 aromatic heterocycles. The third-order valence-corrected chi connectivity index (χ3v) is 5.09. The van der Waals surface area contributed by atoms with Crippen molar-refractivity contribution in [2.75, 3.05) is 20.1 Å². The highest BCUT2D eigenvalue weighted by Gasteiger charge is 2.31. The lowest BCUT2D eigenvalue weighted by Gasteiger charge is -2.42. The minimum Gasteiger partial charge on any atom is -0.312 e. The largest absolute Gasteiger partial charge is 0.312 e. The lowest BCUT2D eigenvalue weighted by molar-refractivity contribution is 0.101. The highest BCUT2D eigenvalue weighted by atomic mass is 15.2. The lowest BCUT2D eigenvalue weighted by atomic mass is 9.75. The van der Waals surface area contributed by atoms with Crippen molar-refractivity contribution in [1.82, 2.24) is 10.2 Å². The van der Waals surface area contributed by atoms with Crippen LogP contribution in [0.25, 0.3) is 0 Å². The Kier molecular flexibility index (Phi) is 6.53. The minimum absolute atomic E-state index is 0.331. The molecule has 0 heterocycles. The molecule has 2 heteroatoms. The molecule has 2 nitrogen and oxygen atoms in total. The Bertz CT molecular complexity index is 268. The van der Waals surface area contributed by atoms with Gasteiger partial charge in [0.2, 0.25) is 0 Å². The molecule has 0 aromatic carbocycles. The molecule has 1 atom stereocenters. The smallest absolute Gasteiger partial charge is 0.0243 e. The highest BCUT2D eigenvalue weighted by Crippen LogP contribution is 2.36. The Morgan fingerprint density at radius 2 is 1.75 bits per heavy atom. The molecule has 0 amide bonds. The van der Waals surface area contributed by atoms with Crippen LogP contribution in [-0.2, 0) is 0 Å². The summed E-state index contributed by atoms with van der Waals surface area (Å²) < 4.78 is 0. The Labute approximate surface area is 127 Å². The molecule has 1 N–H and O–H groups in total. The minimum atomic E-state index is 0.331. The van der Waals surface area contributed by atoms with Gasteiger partial charge in [-0.25, -0.2) is 0 Å². The van der Waals surface area contributed by atoms with E-state index in [1.54, 1.807) is 0 Å². The van der Waals surface area contributed by atoms with Gasteiger partial charge >= 0.3 is 0 Å². The van der Waals surface area contributed by atoms with Crippen molar-refractivity contribution in [2.45, 2.75) is 85.7 Å². The molecule has 0 aliphatic heterocycles.